The first-order valence-corrected chi connectivity index (χ1v) is 13.4. The summed E-state index contributed by atoms with van der Waals surface area (Å²) in [5.41, 5.74) is 0.857. The number of hydrogen-bond acceptors (Lipinski definition) is 3. The Hall–Kier alpha value is -0.960. The van der Waals surface area contributed by atoms with Gasteiger partial charge in [0.15, 0.2) is 0 Å². The predicted octanol–water partition coefficient (Wildman–Crippen LogP) is 8.65. The summed E-state index contributed by atoms with van der Waals surface area (Å²) in [5, 5.41) is 0. The largest absolute Gasteiger partial charge is 0.368 e. The molecule has 5 heteroatoms. The average Bonchev–Trinajstić information content (AvgIpc) is 2.78. The molecule has 0 aliphatic rings. The van der Waals surface area contributed by atoms with E-state index in [-0.39, 0.29) is 25.0 Å². The number of benzene rings is 1. The zero-order valence-electron chi connectivity index (χ0n) is 19.4. The third-order valence-corrected chi connectivity index (χ3v) is 7.41. The molecule has 1 aromatic carbocycles. The van der Waals surface area contributed by atoms with E-state index in [9.17, 15) is 4.57 Å². The summed E-state index contributed by atoms with van der Waals surface area (Å²) in [7, 11) is -3.90. The van der Waals surface area contributed by atoms with E-state index in [2.05, 4.69) is 27.7 Å². The molecule has 172 valence electrons. The normalized spacial score (nSPS) is 17.0. The molecule has 1 rings (SSSR count). The van der Waals surface area contributed by atoms with Crippen molar-refractivity contribution < 1.29 is 18.0 Å². The Labute approximate surface area is 184 Å². The van der Waals surface area contributed by atoms with Gasteiger partial charge in [-0.05, 0) is 36.3 Å². The summed E-state index contributed by atoms with van der Waals surface area (Å²) in [5.74, 6) is -1.23. The molecule has 0 fully saturated rings. The highest BCUT2D eigenvalue weighted by atomic mass is 31.2. The highest BCUT2D eigenvalue weighted by Gasteiger charge is 2.36. The Balaban J connectivity index is 2.86. The second-order valence-corrected chi connectivity index (χ2v) is 10.2. The first kappa shape index (κ1) is 27.1. The molecule has 3 atom stereocenters. The minimum absolute atomic E-state index is 0.272. The monoisotopic (exact) mass is 440 g/mol. The van der Waals surface area contributed by atoms with Crippen LogP contribution in [0.2, 0.25) is 0 Å². The predicted molar refractivity (Wildman–Crippen MR) is 126 cm³/mol. The van der Waals surface area contributed by atoms with Gasteiger partial charge in [0.25, 0.3) is 0 Å². The van der Waals surface area contributed by atoms with Crippen LogP contribution in [0.3, 0.4) is 0 Å². The van der Waals surface area contributed by atoms with E-state index in [1.54, 1.807) is 6.08 Å². The minimum atomic E-state index is -3.90. The van der Waals surface area contributed by atoms with Crippen molar-refractivity contribution in [1.29, 1.82) is 0 Å². The molecule has 0 spiro atoms. The Morgan fingerprint density at radius 3 is 1.83 bits per heavy atom. The first-order valence-electron chi connectivity index (χ1n) is 11.7. The smallest absolute Gasteiger partial charge is 0.306 e. The van der Waals surface area contributed by atoms with Gasteiger partial charge in [-0.1, -0.05) is 103 Å². The highest BCUT2D eigenvalue weighted by Crippen LogP contribution is 2.55. The minimum Gasteiger partial charge on any atom is -0.306 e. The van der Waals surface area contributed by atoms with Crippen LogP contribution >= 0.6 is 7.60 Å². The Morgan fingerprint density at radius 1 is 0.900 bits per heavy atom. The molecule has 0 aromatic heterocycles. The fraction of sp³-hybridized carbons (Fsp3) is 0.680. The van der Waals surface area contributed by atoms with Gasteiger partial charge >= 0.3 is 7.60 Å². The van der Waals surface area contributed by atoms with Crippen LogP contribution in [0.15, 0.2) is 36.4 Å². The van der Waals surface area contributed by atoms with Gasteiger partial charge in [-0.3, -0.25) is 4.57 Å². The summed E-state index contributed by atoms with van der Waals surface area (Å²) in [6, 6.07) is 9.44. The molecule has 3 nitrogen and oxygen atoms in total. The van der Waals surface area contributed by atoms with Crippen LogP contribution in [-0.2, 0) is 13.6 Å². The number of unbranched alkanes of at least 4 members (excludes halogenated alkanes) is 2. The molecule has 3 unspecified atom stereocenters. The van der Waals surface area contributed by atoms with Gasteiger partial charge in [0.1, 0.15) is 0 Å². The van der Waals surface area contributed by atoms with E-state index in [1.807, 2.05) is 30.3 Å². The second kappa shape index (κ2) is 15.8. The Kier molecular flexibility index (Phi) is 14.2. The van der Waals surface area contributed by atoms with E-state index < -0.39 is 13.5 Å². The second-order valence-electron chi connectivity index (χ2n) is 8.11. The molecule has 0 heterocycles. The molecule has 1 aromatic rings. The zero-order chi connectivity index (χ0) is 22.2. The average molecular weight is 441 g/mol. The molecule has 0 saturated carbocycles. The maximum atomic E-state index is 15.2. The maximum absolute atomic E-state index is 15.2. The van der Waals surface area contributed by atoms with E-state index in [0.717, 1.165) is 56.9 Å². The van der Waals surface area contributed by atoms with Crippen molar-refractivity contribution in [3.8, 4) is 0 Å². The lowest BCUT2D eigenvalue weighted by molar-refractivity contribution is 0.138. The topological polar surface area (TPSA) is 35.5 Å². The molecule has 0 bridgehead atoms. The van der Waals surface area contributed by atoms with Crippen LogP contribution in [-0.4, -0.2) is 19.1 Å². The van der Waals surface area contributed by atoms with Gasteiger partial charge in [-0.15, -0.1) is 0 Å². The number of halogens is 1. The number of rotatable bonds is 17. The van der Waals surface area contributed by atoms with Crippen LogP contribution in [0, 0.1) is 11.8 Å². The summed E-state index contributed by atoms with van der Waals surface area (Å²) >= 11 is 0. The molecular weight excluding hydrogens is 398 g/mol. The van der Waals surface area contributed by atoms with Crippen molar-refractivity contribution in [3.05, 3.63) is 42.0 Å². The van der Waals surface area contributed by atoms with Gasteiger partial charge in [-0.2, -0.15) is 0 Å². The van der Waals surface area contributed by atoms with Gasteiger partial charge in [-0.25, -0.2) is 4.39 Å². The summed E-state index contributed by atoms with van der Waals surface area (Å²) in [6.07, 6.45) is 11.2. The fourth-order valence-electron chi connectivity index (χ4n) is 3.25. The summed E-state index contributed by atoms with van der Waals surface area (Å²) < 4.78 is 40.1. The fourth-order valence-corrected chi connectivity index (χ4v) is 4.75. The van der Waals surface area contributed by atoms with Crippen LogP contribution in [0.4, 0.5) is 4.39 Å². The van der Waals surface area contributed by atoms with Gasteiger partial charge in [0.2, 0.25) is 5.91 Å². The van der Waals surface area contributed by atoms with Crippen molar-refractivity contribution in [1.82, 2.24) is 0 Å². The number of hydrogen-bond donors (Lipinski definition) is 0. The third kappa shape index (κ3) is 10.4. The van der Waals surface area contributed by atoms with Gasteiger partial charge < -0.3 is 9.05 Å². The summed E-state index contributed by atoms with van der Waals surface area (Å²) in [6.45, 7) is 9.03. The van der Waals surface area contributed by atoms with Crippen LogP contribution in [0.5, 0.6) is 0 Å². The van der Waals surface area contributed by atoms with Gasteiger partial charge in [0, 0.05) is 0 Å². The molecule has 0 aliphatic carbocycles. The van der Waals surface area contributed by atoms with Crippen molar-refractivity contribution in [2.45, 2.75) is 85.0 Å². The highest BCUT2D eigenvalue weighted by molar-refractivity contribution is 7.54. The molecule has 30 heavy (non-hydrogen) atoms. The van der Waals surface area contributed by atoms with E-state index >= 15 is 4.39 Å². The SMILES string of the molecule is CCCCC(CC)COP(=O)(OCC(CC)CCCC)C(F)/C=C\c1ccccc1. The molecule has 0 N–H and O–H groups in total. The lowest BCUT2D eigenvalue weighted by Crippen LogP contribution is -2.16. The standard InChI is InChI=1S/C25H42FO3P/c1-5-9-14-22(7-3)20-28-30(27,29-21-23(8-4)15-10-6-2)25(26)19-18-24-16-12-11-13-17-24/h11-13,16-19,22-23,25H,5-10,14-15,20-21H2,1-4H3/b19-18-. The third-order valence-electron chi connectivity index (χ3n) is 5.62. The number of alkyl halides is 1. The summed E-state index contributed by atoms with van der Waals surface area (Å²) in [4.78, 5) is 0. The van der Waals surface area contributed by atoms with E-state index in [0.29, 0.717) is 0 Å². The van der Waals surface area contributed by atoms with Gasteiger partial charge in [0.05, 0.1) is 13.2 Å². The molecule has 0 aliphatic heterocycles. The lowest BCUT2D eigenvalue weighted by atomic mass is 10.0. The van der Waals surface area contributed by atoms with E-state index in [1.165, 1.54) is 6.08 Å². The van der Waals surface area contributed by atoms with Crippen molar-refractivity contribution in [2.24, 2.45) is 11.8 Å². The van der Waals surface area contributed by atoms with Crippen LogP contribution in [0.1, 0.15) is 84.6 Å². The van der Waals surface area contributed by atoms with Crippen molar-refractivity contribution >= 4 is 13.7 Å². The number of allylic oxidation sites excluding steroid dienone is 1. The van der Waals surface area contributed by atoms with Crippen molar-refractivity contribution in [2.75, 3.05) is 13.2 Å². The maximum Gasteiger partial charge on any atom is 0.368 e. The van der Waals surface area contributed by atoms with Crippen molar-refractivity contribution in [3.63, 3.8) is 0 Å². The lowest BCUT2D eigenvalue weighted by Gasteiger charge is -2.25. The quantitative estimate of drug-likeness (QED) is 0.227. The zero-order valence-corrected chi connectivity index (χ0v) is 20.3. The Bertz CT molecular complexity index is 596. The van der Waals surface area contributed by atoms with Crippen LogP contribution < -0.4 is 0 Å². The first-order chi connectivity index (χ1) is 14.5. The van der Waals surface area contributed by atoms with E-state index in [4.69, 9.17) is 9.05 Å². The molecule has 0 radical (unpaired) electrons. The Morgan fingerprint density at radius 2 is 1.40 bits per heavy atom. The molecule has 0 amide bonds. The molecule has 0 saturated heterocycles. The molecular formula is C25H42FO3P. The van der Waals surface area contributed by atoms with Crippen LogP contribution in [0.25, 0.3) is 6.08 Å².